The van der Waals surface area contributed by atoms with Crippen LogP contribution in [-0.2, 0) is 9.73 Å². The van der Waals surface area contributed by atoms with E-state index in [4.69, 9.17) is 16.4 Å². The summed E-state index contributed by atoms with van der Waals surface area (Å²) in [6, 6.07) is 3.14. The SMILES string of the molecule is CC(C)[S@](=N)(=O)c1ccc(Cl)nc1. The van der Waals surface area contributed by atoms with Gasteiger partial charge in [0.15, 0.2) is 0 Å². The fraction of sp³-hybridized carbons (Fsp3) is 0.375. The predicted molar refractivity (Wildman–Crippen MR) is 53.5 cm³/mol. The monoisotopic (exact) mass is 218 g/mol. The van der Waals surface area contributed by atoms with Crippen LogP contribution in [0.2, 0.25) is 5.15 Å². The van der Waals surface area contributed by atoms with Crippen molar-refractivity contribution in [1.29, 1.82) is 4.78 Å². The summed E-state index contributed by atoms with van der Waals surface area (Å²) in [5.41, 5.74) is 0. The van der Waals surface area contributed by atoms with Gasteiger partial charge >= 0.3 is 0 Å². The first-order chi connectivity index (χ1) is 5.94. The molecule has 5 heteroatoms. The van der Waals surface area contributed by atoms with E-state index in [0.29, 0.717) is 10.0 Å². The van der Waals surface area contributed by atoms with Crippen LogP contribution in [0.25, 0.3) is 0 Å². The molecule has 0 aliphatic carbocycles. The third kappa shape index (κ3) is 2.19. The standard InChI is InChI=1S/C8H11ClN2OS/c1-6(2)13(10,12)7-3-4-8(9)11-5-7/h3-6,10H,1-2H3/t13-/m0/s1. The first-order valence-electron chi connectivity index (χ1n) is 3.84. The van der Waals surface area contributed by atoms with Crippen molar-refractivity contribution in [1.82, 2.24) is 4.98 Å². The molecule has 0 spiro atoms. The Kier molecular flexibility index (Phi) is 2.93. The van der Waals surface area contributed by atoms with Crippen molar-refractivity contribution < 1.29 is 4.21 Å². The third-order valence-electron chi connectivity index (χ3n) is 1.71. The van der Waals surface area contributed by atoms with Gasteiger partial charge in [0.05, 0.1) is 14.6 Å². The number of halogens is 1. The molecule has 1 heterocycles. The Labute approximate surface area is 83.1 Å². The van der Waals surface area contributed by atoms with Crippen molar-refractivity contribution in [3.63, 3.8) is 0 Å². The van der Waals surface area contributed by atoms with E-state index in [1.54, 1.807) is 26.0 Å². The van der Waals surface area contributed by atoms with E-state index >= 15 is 0 Å². The molecule has 0 saturated heterocycles. The Morgan fingerprint density at radius 3 is 2.54 bits per heavy atom. The van der Waals surface area contributed by atoms with Crippen LogP contribution in [0, 0.1) is 4.78 Å². The van der Waals surface area contributed by atoms with Gasteiger partial charge in [-0.25, -0.2) is 14.0 Å². The van der Waals surface area contributed by atoms with Crippen LogP contribution in [0.3, 0.4) is 0 Å². The highest BCUT2D eigenvalue weighted by molar-refractivity contribution is 7.93. The minimum atomic E-state index is -2.71. The highest BCUT2D eigenvalue weighted by Gasteiger charge is 2.14. The van der Waals surface area contributed by atoms with Gasteiger partial charge in [-0.15, -0.1) is 0 Å². The van der Waals surface area contributed by atoms with Crippen LogP contribution in [0.1, 0.15) is 13.8 Å². The molecule has 0 unspecified atom stereocenters. The summed E-state index contributed by atoms with van der Waals surface area (Å²) in [4.78, 5) is 4.23. The molecule has 0 aromatic carbocycles. The fourth-order valence-electron chi connectivity index (χ4n) is 0.814. The summed E-state index contributed by atoms with van der Waals surface area (Å²) < 4.78 is 19.4. The quantitative estimate of drug-likeness (QED) is 0.776. The number of rotatable bonds is 2. The van der Waals surface area contributed by atoms with Crippen molar-refractivity contribution in [2.45, 2.75) is 24.0 Å². The van der Waals surface area contributed by atoms with Crippen molar-refractivity contribution in [2.24, 2.45) is 0 Å². The van der Waals surface area contributed by atoms with Crippen LogP contribution in [-0.4, -0.2) is 14.4 Å². The first-order valence-corrected chi connectivity index (χ1v) is 5.83. The topological polar surface area (TPSA) is 53.8 Å². The molecule has 1 aromatic rings. The van der Waals surface area contributed by atoms with Crippen molar-refractivity contribution >= 4 is 21.3 Å². The minimum absolute atomic E-state index is 0.213. The second-order valence-electron chi connectivity index (χ2n) is 2.97. The van der Waals surface area contributed by atoms with E-state index in [0.717, 1.165) is 0 Å². The normalized spacial score (nSPS) is 15.7. The molecule has 0 amide bonds. The Hall–Kier alpha value is -0.610. The van der Waals surface area contributed by atoms with Gasteiger partial charge in [-0.05, 0) is 26.0 Å². The average molecular weight is 219 g/mol. The van der Waals surface area contributed by atoms with Crippen LogP contribution in [0.5, 0.6) is 0 Å². The molecule has 1 aromatic heterocycles. The van der Waals surface area contributed by atoms with E-state index in [1.807, 2.05) is 0 Å². The fourth-order valence-corrected chi connectivity index (χ4v) is 1.95. The zero-order chi connectivity index (χ0) is 10.1. The maximum atomic E-state index is 11.8. The molecule has 72 valence electrons. The number of hydrogen-bond acceptors (Lipinski definition) is 3. The smallest absolute Gasteiger partial charge is 0.129 e. The molecule has 0 bridgehead atoms. The molecule has 0 aliphatic heterocycles. The maximum Gasteiger partial charge on any atom is 0.129 e. The van der Waals surface area contributed by atoms with Crippen molar-refractivity contribution in [2.75, 3.05) is 0 Å². The summed E-state index contributed by atoms with van der Waals surface area (Å²) in [6.07, 6.45) is 1.40. The summed E-state index contributed by atoms with van der Waals surface area (Å²) in [7, 11) is -2.71. The van der Waals surface area contributed by atoms with Gasteiger partial charge in [-0.3, -0.25) is 0 Å². The lowest BCUT2D eigenvalue weighted by Crippen LogP contribution is -2.12. The zero-order valence-corrected chi connectivity index (χ0v) is 9.02. The zero-order valence-electron chi connectivity index (χ0n) is 7.45. The Morgan fingerprint density at radius 2 is 2.15 bits per heavy atom. The van der Waals surface area contributed by atoms with E-state index in [1.165, 1.54) is 6.20 Å². The minimum Gasteiger partial charge on any atom is -0.249 e. The molecule has 3 nitrogen and oxygen atoms in total. The number of nitrogens with zero attached hydrogens (tertiary/aromatic N) is 1. The Bertz CT molecular complexity index is 383. The van der Waals surface area contributed by atoms with Gasteiger partial charge in [0, 0.05) is 11.4 Å². The van der Waals surface area contributed by atoms with Crippen LogP contribution >= 0.6 is 11.6 Å². The van der Waals surface area contributed by atoms with E-state index in [2.05, 4.69) is 4.98 Å². The lowest BCUT2D eigenvalue weighted by molar-refractivity contribution is 0.667. The number of aromatic nitrogens is 1. The largest absolute Gasteiger partial charge is 0.249 e. The average Bonchev–Trinajstić information content (AvgIpc) is 2.04. The van der Waals surface area contributed by atoms with Crippen LogP contribution in [0.4, 0.5) is 0 Å². The number of hydrogen-bond donors (Lipinski definition) is 1. The van der Waals surface area contributed by atoms with E-state index in [-0.39, 0.29) is 5.25 Å². The molecular formula is C8H11ClN2OS. The second kappa shape index (κ2) is 3.64. The molecule has 0 radical (unpaired) electrons. The molecule has 1 rings (SSSR count). The molecule has 0 aliphatic rings. The highest BCUT2D eigenvalue weighted by Crippen LogP contribution is 2.16. The van der Waals surface area contributed by atoms with Gasteiger partial charge in [0.1, 0.15) is 5.15 Å². The second-order valence-corrected chi connectivity index (χ2v) is 5.97. The molecule has 0 saturated carbocycles. The lowest BCUT2D eigenvalue weighted by Gasteiger charge is -2.10. The summed E-state index contributed by atoms with van der Waals surface area (Å²) in [6.45, 7) is 3.51. The number of nitrogens with one attached hydrogen (secondary N) is 1. The highest BCUT2D eigenvalue weighted by atomic mass is 35.5. The number of pyridine rings is 1. The van der Waals surface area contributed by atoms with Gasteiger partial charge in [0.25, 0.3) is 0 Å². The van der Waals surface area contributed by atoms with Crippen molar-refractivity contribution in [3.05, 3.63) is 23.5 Å². The first kappa shape index (κ1) is 10.5. The summed E-state index contributed by atoms with van der Waals surface area (Å²) in [5.74, 6) is 0. The predicted octanol–water partition coefficient (Wildman–Crippen LogP) is 2.55. The van der Waals surface area contributed by atoms with Crippen LogP contribution < -0.4 is 0 Å². The Morgan fingerprint density at radius 1 is 1.54 bits per heavy atom. The third-order valence-corrected chi connectivity index (χ3v) is 4.21. The molecule has 13 heavy (non-hydrogen) atoms. The lowest BCUT2D eigenvalue weighted by atomic mass is 10.5. The molecule has 1 atom stereocenters. The van der Waals surface area contributed by atoms with Crippen molar-refractivity contribution in [3.8, 4) is 0 Å². The molecule has 1 N–H and O–H groups in total. The van der Waals surface area contributed by atoms with Gasteiger partial charge in [-0.2, -0.15) is 0 Å². The van der Waals surface area contributed by atoms with Gasteiger partial charge in [0.2, 0.25) is 0 Å². The van der Waals surface area contributed by atoms with Gasteiger partial charge < -0.3 is 0 Å². The summed E-state index contributed by atoms with van der Waals surface area (Å²) in [5, 5.41) is 0.137. The molecule has 0 fully saturated rings. The maximum absolute atomic E-state index is 11.8. The molecular weight excluding hydrogens is 208 g/mol. The summed E-state index contributed by atoms with van der Waals surface area (Å²) >= 11 is 5.58. The van der Waals surface area contributed by atoms with Crippen LogP contribution in [0.15, 0.2) is 23.2 Å². The van der Waals surface area contributed by atoms with Gasteiger partial charge in [-0.1, -0.05) is 11.6 Å². The van der Waals surface area contributed by atoms with E-state index < -0.39 is 9.73 Å². The Balaban J connectivity index is 3.17. The van der Waals surface area contributed by atoms with E-state index in [9.17, 15) is 4.21 Å².